The molecule has 0 aromatic carbocycles. The number of hydrogen-bond acceptors (Lipinski definition) is 4. The average molecular weight is 336 g/mol. The molecular formula is C18H29N3OS. The zero-order valence-electron chi connectivity index (χ0n) is 14.3. The monoisotopic (exact) mass is 335 g/mol. The number of amides is 1. The lowest BCUT2D eigenvalue weighted by atomic mass is 9.81. The Bertz CT molecular complexity index is 469. The molecule has 5 heteroatoms. The van der Waals surface area contributed by atoms with E-state index in [1.165, 1.54) is 5.56 Å². The van der Waals surface area contributed by atoms with E-state index in [0.717, 1.165) is 44.8 Å². The number of hydrogen-bond donors (Lipinski definition) is 1. The van der Waals surface area contributed by atoms with Gasteiger partial charge in [-0.15, -0.1) is 0 Å². The summed E-state index contributed by atoms with van der Waals surface area (Å²) < 4.78 is 0. The second-order valence-corrected chi connectivity index (χ2v) is 7.34. The fourth-order valence-corrected chi connectivity index (χ4v) is 3.69. The molecule has 1 amide bonds. The third-order valence-corrected chi connectivity index (χ3v) is 5.34. The summed E-state index contributed by atoms with van der Waals surface area (Å²) in [6, 6.07) is 4.18. The maximum Gasteiger partial charge on any atom is 0.220 e. The summed E-state index contributed by atoms with van der Waals surface area (Å²) >= 11 is 1.77. The highest BCUT2D eigenvalue weighted by Gasteiger charge is 2.29. The number of rotatable bonds is 8. The number of likely N-dealkylation sites (tertiary alicyclic amines) is 1. The quantitative estimate of drug-likeness (QED) is 0.742. The first-order valence-corrected chi connectivity index (χ1v) is 9.99. The first kappa shape index (κ1) is 18.3. The summed E-state index contributed by atoms with van der Waals surface area (Å²) in [7, 11) is 0. The Hall–Kier alpha value is -1.07. The van der Waals surface area contributed by atoms with Gasteiger partial charge in [0, 0.05) is 44.2 Å². The Kier molecular flexibility index (Phi) is 7.89. The van der Waals surface area contributed by atoms with Crippen LogP contribution in [0.15, 0.2) is 24.5 Å². The lowest BCUT2D eigenvalue weighted by Gasteiger charge is -2.38. The predicted molar refractivity (Wildman–Crippen MR) is 97.4 cm³/mol. The van der Waals surface area contributed by atoms with Gasteiger partial charge in [-0.05, 0) is 48.8 Å². The van der Waals surface area contributed by atoms with Crippen LogP contribution in [0.5, 0.6) is 0 Å². The number of thioether (sulfide) groups is 1. The van der Waals surface area contributed by atoms with E-state index in [2.05, 4.69) is 40.5 Å². The molecule has 1 aliphatic heterocycles. The van der Waals surface area contributed by atoms with E-state index in [0.29, 0.717) is 18.3 Å². The highest BCUT2D eigenvalue weighted by molar-refractivity contribution is 7.98. The molecule has 1 N–H and O–H groups in total. The molecule has 0 saturated carbocycles. The zero-order valence-corrected chi connectivity index (χ0v) is 15.1. The first-order valence-electron chi connectivity index (χ1n) is 8.59. The van der Waals surface area contributed by atoms with Crippen molar-refractivity contribution < 1.29 is 4.79 Å². The van der Waals surface area contributed by atoms with E-state index in [4.69, 9.17) is 0 Å². The van der Waals surface area contributed by atoms with Gasteiger partial charge in [0.1, 0.15) is 0 Å². The molecule has 0 bridgehead atoms. The van der Waals surface area contributed by atoms with Gasteiger partial charge in [-0.3, -0.25) is 14.7 Å². The Labute approximate surface area is 144 Å². The average Bonchev–Trinajstić information content (AvgIpc) is 2.57. The van der Waals surface area contributed by atoms with Crippen LogP contribution in [0, 0.1) is 11.8 Å². The molecule has 0 radical (unpaired) electrons. The van der Waals surface area contributed by atoms with Gasteiger partial charge >= 0.3 is 0 Å². The summed E-state index contributed by atoms with van der Waals surface area (Å²) in [6.45, 7) is 6.21. The van der Waals surface area contributed by atoms with Crippen LogP contribution in [-0.4, -0.2) is 47.4 Å². The molecule has 0 unspecified atom stereocenters. The summed E-state index contributed by atoms with van der Waals surface area (Å²) in [4.78, 5) is 18.7. The molecule has 128 valence electrons. The van der Waals surface area contributed by atoms with E-state index < -0.39 is 0 Å². The lowest BCUT2D eigenvalue weighted by molar-refractivity contribution is -0.122. The van der Waals surface area contributed by atoms with E-state index in [-0.39, 0.29) is 5.91 Å². The van der Waals surface area contributed by atoms with Crippen LogP contribution in [0.2, 0.25) is 0 Å². The van der Waals surface area contributed by atoms with Crippen molar-refractivity contribution in [1.29, 1.82) is 0 Å². The summed E-state index contributed by atoms with van der Waals surface area (Å²) in [6.07, 6.45) is 8.75. The van der Waals surface area contributed by atoms with Crippen LogP contribution in [0.3, 0.4) is 0 Å². The van der Waals surface area contributed by atoms with Crippen molar-refractivity contribution >= 4 is 17.7 Å². The van der Waals surface area contributed by atoms with Crippen LogP contribution in [-0.2, 0) is 11.3 Å². The van der Waals surface area contributed by atoms with Gasteiger partial charge in [-0.2, -0.15) is 11.8 Å². The minimum Gasteiger partial charge on any atom is -0.355 e. The van der Waals surface area contributed by atoms with Crippen LogP contribution in [0.25, 0.3) is 0 Å². The molecule has 1 fully saturated rings. The summed E-state index contributed by atoms with van der Waals surface area (Å²) in [5, 5.41) is 3.05. The minimum atomic E-state index is 0.227. The molecular weight excluding hydrogens is 306 g/mol. The molecule has 23 heavy (non-hydrogen) atoms. The van der Waals surface area contributed by atoms with E-state index in [1.807, 2.05) is 12.4 Å². The highest BCUT2D eigenvalue weighted by atomic mass is 32.2. The molecule has 2 heterocycles. The smallest absolute Gasteiger partial charge is 0.220 e. The summed E-state index contributed by atoms with van der Waals surface area (Å²) in [5.74, 6) is 2.37. The Morgan fingerprint density at radius 3 is 2.87 bits per heavy atom. The fourth-order valence-electron chi connectivity index (χ4n) is 3.38. The predicted octanol–water partition coefficient (Wildman–Crippen LogP) is 2.80. The number of aromatic nitrogens is 1. The number of pyridine rings is 1. The standard InChI is InChI=1S/C18H29N3OS/c1-3-16-14-21(13-15-4-7-19-8-5-15)10-6-17(16)12-18(22)20-9-11-23-2/h4-5,7-8,16-17H,3,6,9-14H2,1-2H3,(H,20,22)/t16-,17+/m1/s1. The SMILES string of the molecule is CC[C@@H]1CN(Cc2ccncc2)CC[C@H]1CC(=O)NCCSC. The second kappa shape index (κ2) is 9.93. The molecule has 2 atom stereocenters. The Morgan fingerprint density at radius 1 is 1.39 bits per heavy atom. The van der Waals surface area contributed by atoms with Gasteiger partial charge in [0.05, 0.1) is 0 Å². The van der Waals surface area contributed by atoms with Crippen molar-refractivity contribution in [2.75, 3.05) is 31.6 Å². The number of carbonyl (C=O) groups is 1. The number of carbonyl (C=O) groups excluding carboxylic acids is 1. The molecule has 0 spiro atoms. The van der Waals surface area contributed by atoms with Crippen molar-refractivity contribution in [3.05, 3.63) is 30.1 Å². The fraction of sp³-hybridized carbons (Fsp3) is 0.667. The van der Waals surface area contributed by atoms with Gasteiger partial charge in [0.15, 0.2) is 0 Å². The molecule has 1 aliphatic rings. The van der Waals surface area contributed by atoms with Gasteiger partial charge < -0.3 is 5.32 Å². The lowest BCUT2D eigenvalue weighted by Crippen LogP contribution is -2.41. The maximum atomic E-state index is 12.1. The van der Waals surface area contributed by atoms with Crippen LogP contribution < -0.4 is 5.32 Å². The van der Waals surface area contributed by atoms with Crippen LogP contribution >= 0.6 is 11.8 Å². The van der Waals surface area contributed by atoms with Crippen molar-refractivity contribution in [2.45, 2.75) is 32.7 Å². The Morgan fingerprint density at radius 2 is 2.17 bits per heavy atom. The summed E-state index contributed by atoms with van der Waals surface area (Å²) in [5.41, 5.74) is 1.32. The van der Waals surface area contributed by atoms with Gasteiger partial charge in [-0.1, -0.05) is 13.3 Å². The van der Waals surface area contributed by atoms with Crippen molar-refractivity contribution in [3.8, 4) is 0 Å². The van der Waals surface area contributed by atoms with Crippen molar-refractivity contribution in [2.24, 2.45) is 11.8 Å². The molecule has 0 aliphatic carbocycles. The van der Waals surface area contributed by atoms with E-state index in [9.17, 15) is 4.79 Å². The van der Waals surface area contributed by atoms with Gasteiger partial charge in [-0.25, -0.2) is 0 Å². The molecule has 1 saturated heterocycles. The highest BCUT2D eigenvalue weighted by Crippen LogP contribution is 2.29. The topological polar surface area (TPSA) is 45.2 Å². The number of nitrogens with zero attached hydrogens (tertiary/aromatic N) is 2. The van der Waals surface area contributed by atoms with Crippen molar-refractivity contribution in [1.82, 2.24) is 15.2 Å². The van der Waals surface area contributed by atoms with Gasteiger partial charge in [0.25, 0.3) is 0 Å². The first-order chi connectivity index (χ1) is 11.2. The second-order valence-electron chi connectivity index (χ2n) is 6.35. The maximum absolute atomic E-state index is 12.1. The van der Waals surface area contributed by atoms with E-state index >= 15 is 0 Å². The largest absolute Gasteiger partial charge is 0.355 e. The minimum absolute atomic E-state index is 0.227. The van der Waals surface area contributed by atoms with Crippen molar-refractivity contribution in [3.63, 3.8) is 0 Å². The molecule has 1 aromatic rings. The van der Waals surface area contributed by atoms with Crippen LogP contribution in [0.1, 0.15) is 31.7 Å². The van der Waals surface area contributed by atoms with E-state index in [1.54, 1.807) is 11.8 Å². The molecule has 1 aromatic heterocycles. The third-order valence-electron chi connectivity index (χ3n) is 4.73. The van der Waals surface area contributed by atoms with Crippen LogP contribution in [0.4, 0.5) is 0 Å². The number of piperidine rings is 1. The zero-order chi connectivity index (χ0) is 16.5. The molecule has 4 nitrogen and oxygen atoms in total. The third kappa shape index (κ3) is 6.15. The van der Waals surface area contributed by atoms with Gasteiger partial charge in [0.2, 0.25) is 5.91 Å². The Balaban J connectivity index is 1.80. The number of nitrogens with one attached hydrogen (secondary N) is 1. The molecule has 2 rings (SSSR count). The normalized spacial score (nSPS) is 22.0.